The van der Waals surface area contributed by atoms with E-state index in [0.29, 0.717) is 0 Å². The van der Waals surface area contributed by atoms with Crippen LogP contribution in [-0.2, 0) is 4.79 Å². The highest BCUT2D eigenvalue weighted by Crippen LogP contribution is 2.56. The van der Waals surface area contributed by atoms with Gasteiger partial charge in [0, 0.05) is 16.9 Å². The molecule has 10 heteroatoms. The van der Waals surface area contributed by atoms with Crippen LogP contribution in [0.25, 0.3) is 0 Å². The van der Waals surface area contributed by atoms with Gasteiger partial charge in [0.25, 0.3) is 0 Å². The van der Waals surface area contributed by atoms with Crippen LogP contribution < -0.4 is 5.32 Å². The molecular weight excluding hydrogens is 398 g/mol. The van der Waals surface area contributed by atoms with Crippen LogP contribution in [-0.4, -0.2) is 34.9 Å². The number of hydrogen-bond acceptors (Lipinski definition) is 1. The lowest BCUT2D eigenvalue weighted by Crippen LogP contribution is -2.62. The van der Waals surface area contributed by atoms with Crippen LogP contribution in [0, 0.1) is 11.3 Å². The van der Waals surface area contributed by atoms with Crippen molar-refractivity contribution >= 4 is 28.5 Å². The number of rotatable bonds is 2. The number of hydrogen-bond donors (Lipinski definition) is 1. The number of nitrogens with one attached hydrogen (secondary N) is 1. The molecule has 1 aliphatic rings. The smallest absolute Gasteiger partial charge is 0.355 e. The molecule has 1 rings (SSSR count). The summed E-state index contributed by atoms with van der Waals surface area (Å²) in [7, 11) is 0. The van der Waals surface area contributed by atoms with Crippen molar-refractivity contribution in [2.75, 3.05) is 11.0 Å². The molecule has 1 aliphatic heterocycles. The van der Waals surface area contributed by atoms with Crippen molar-refractivity contribution in [2.45, 2.75) is 24.9 Å². The van der Waals surface area contributed by atoms with E-state index in [4.69, 9.17) is 0 Å². The molecule has 0 radical (unpaired) electrons. The van der Waals surface area contributed by atoms with Gasteiger partial charge in [-0.15, -0.1) is 0 Å². The van der Waals surface area contributed by atoms with Gasteiger partial charge in [0.15, 0.2) is 0 Å². The van der Waals surface area contributed by atoms with Gasteiger partial charge in [0.1, 0.15) is 0 Å². The van der Waals surface area contributed by atoms with Crippen LogP contribution in [0.2, 0.25) is 0 Å². The zero-order valence-electron chi connectivity index (χ0n) is 9.42. The molecule has 112 valence electrons. The fraction of sp³-hybridized carbons (Fsp3) is 0.889. The summed E-state index contributed by atoms with van der Waals surface area (Å²) in [6.07, 6.45) is -12.3. The van der Waals surface area contributed by atoms with Crippen molar-refractivity contribution in [3.05, 3.63) is 0 Å². The maximum Gasteiger partial charge on any atom is 0.431 e. The van der Waals surface area contributed by atoms with Crippen LogP contribution in [0.5, 0.6) is 0 Å². The lowest BCUT2D eigenvalue weighted by atomic mass is 9.71. The number of amides is 1. The zero-order chi connectivity index (χ0) is 15.3. The van der Waals surface area contributed by atoms with Gasteiger partial charge in [-0.1, -0.05) is 22.6 Å². The molecule has 0 aromatic carbocycles. The first-order valence-corrected chi connectivity index (χ1v) is 6.51. The molecule has 1 heterocycles. The highest BCUT2D eigenvalue weighted by molar-refractivity contribution is 14.1. The second-order valence-corrected chi connectivity index (χ2v) is 5.28. The highest BCUT2D eigenvalue weighted by atomic mass is 127. The van der Waals surface area contributed by atoms with E-state index in [1.807, 2.05) is 5.32 Å². The Morgan fingerprint density at radius 3 is 1.95 bits per heavy atom. The standard InChI is InChI=1S/C9H9F7INO/c1-6(3-17)4(2-18-5(6)19)7(10,8(11,12)13)9(14,15)16/h4H,2-3H2,1H3,(H,18,19)/t4-,6-/m0/s1. The van der Waals surface area contributed by atoms with Crippen molar-refractivity contribution in [1.82, 2.24) is 5.32 Å². The Balaban J connectivity index is 3.41. The molecule has 1 amide bonds. The predicted molar refractivity (Wildman–Crippen MR) is 59.4 cm³/mol. The molecule has 0 aromatic heterocycles. The summed E-state index contributed by atoms with van der Waals surface area (Å²) in [5.41, 5.74) is -7.49. The third-order valence-electron chi connectivity index (χ3n) is 3.34. The van der Waals surface area contributed by atoms with E-state index in [1.54, 1.807) is 0 Å². The Kier molecular flexibility index (Phi) is 4.08. The Labute approximate surface area is 117 Å². The molecule has 0 unspecified atom stereocenters. The molecule has 0 aliphatic carbocycles. The molecule has 1 N–H and O–H groups in total. The van der Waals surface area contributed by atoms with Crippen molar-refractivity contribution in [1.29, 1.82) is 0 Å². The first kappa shape index (κ1) is 16.8. The minimum absolute atomic E-state index is 0.362. The van der Waals surface area contributed by atoms with Gasteiger partial charge in [-0.05, 0) is 6.92 Å². The summed E-state index contributed by atoms with van der Waals surface area (Å²) < 4.78 is 89.3. The molecule has 0 saturated carbocycles. The van der Waals surface area contributed by atoms with E-state index in [0.717, 1.165) is 6.92 Å². The third kappa shape index (κ3) is 2.29. The van der Waals surface area contributed by atoms with Gasteiger partial charge in [-0.25, -0.2) is 4.39 Å². The van der Waals surface area contributed by atoms with E-state index in [-0.39, 0.29) is 4.43 Å². The topological polar surface area (TPSA) is 29.1 Å². The van der Waals surface area contributed by atoms with E-state index >= 15 is 0 Å². The van der Waals surface area contributed by atoms with E-state index in [1.165, 1.54) is 22.6 Å². The summed E-state index contributed by atoms with van der Waals surface area (Å²) in [6.45, 7) is -0.105. The van der Waals surface area contributed by atoms with E-state index in [2.05, 4.69) is 0 Å². The van der Waals surface area contributed by atoms with Crippen LogP contribution in [0.3, 0.4) is 0 Å². The summed E-state index contributed by atoms with van der Waals surface area (Å²) in [5, 5.41) is 1.88. The first-order chi connectivity index (χ1) is 8.32. The van der Waals surface area contributed by atoms with Gasteiger partial charge in [-0.3, -0.25) is 4.79 Å². The molecule has 1 fully saturated rings. The van der Waals surface area contributed by atoms with Crippen LogP contribution in [0.1, 0.15) is 6.92 Å². The fourth-order valence-electron chi connectivity index (χ4n) is 2.07. The quantitative estimate of drug-likeness (QED) is 0.426. The SMILES string of the molecule is C[C@@]1(CI)C(=O)NC[C@@H]1C(F)(C(F)(F)F)C(F)(F)F. The van der Waals surface area contributed by atoms with Gasteiger partial charge in [-0.2, -0.15) is 26.3 Å². The molecule has 0 aromatic rings. The molecule has 1 saturated heterocycles. The van der Waals surface area contributed by atoms with Crippen molar-refractivity contribution in [2.24, 2.45) is 11.3 Å². The number of alkyl halides is 8. The van der Waals surface area contributed by atoms with Crippen LogP contribution >= 0.6 is 22.6 Å². The highest BCUT2D eigenvalue weighted by Gasteiger charge is 2.79. The van der Waals surface area contributed by atoms with Crippen LogP contribution in [0.15, 0.2) is 0 Å². The lowest BCUT2D eigenvalue weighted by molar-refractivity contribution is -0.361. The maximum absolute atomic E-state index is 13.9. The Morgan fingerprint density at radius 2 is 1.63 bits per heavy atom. The van der Waals surface area contributed by atoms with Gasteiger partial charge in [0.05, 0.1) is 5.41 Å². The number of carbonyl (C=O) groups excluding carboxylic acids is 1. The summed E-state index contributed by atoms with van der Waals surface area (Å²) in [6, 6.07) is 0. The molecular formula is C9H9F7INO. The molecule has 19 heavy (non-hydrogen) atoms. The zero-order valence-corrected chi connectivity index (χ0v) is 11.6. The summed E-state index contributed by atoms with van der Waals surface area (Å²) in [4.78, 5) is 11.4. The normalized spacial score (nSPS) is 29.5. The fourth-order valence-corrected chi connectivity index (χ4v) is 2.95. The number of carbonyl (C=O) groups is 1. The third-order valence-corrected chi connectivity index (χ3v) is 4.92. The van der Waals surface area contributed by atoms with Gasteiger partial charge >= 0.3 is 18.0 Å². The predicted octanol–water partition coefficient (Wildman–Crippen LogP) is 3.01. The summed E-state index contributed by atoms with van der Waals surface area (Å²) >= 11 is 1.47. The van der Waals surface area contributed by atoms with Crippen molar-refractivity contribution < 1.29 is 35.5 Å². The second kappa shape index (κ2) is 4.62. The molecule has 2 nitrogen and oxygen atoms in total. The minimum Gasteiger partial charge on any atom is -0.355 e. The number of halogens is 8. The Hall–Kier alpha value is -0.290. The second-order valence-electron chi connectivity index (χ2n) is 4.52. The Bertz CT molecular complexity index is 366. The molecule has 0 bridgehead atoms. The average molecular weight is 407 g/mol. The maximum atomic E-state index is 13.9. The molecule has 2 atom stereocenters. The van der Waals surface area contributed by atoms with E-state index in [9.17, 15) is 35.5 Å². The van der Waals surface area contributed by atoms with Crippen molar-refractivity contribution in [3.8, 4) is 0 Å². The van der Waals surface area contributed by atoms with Gasteiger partial charge < -0.3 is 5.32 Å². The van der Waals surface area contributed by atoms with Crippen LogP contribution in [0.4, 0.5) is 30.7 Å². The molecule has 0 spiro atoms. The Morgan fingerprint density at radius 1 is 1.21 bits per heavy atom. The van der Waals surface area contributed by atoms with E-state index < -0.39 is 41.8 Å². The monoisotopic (exact) mass is 407 g/mol. The largest absolute Gasteiger partial charge is 0.431 e. The van der Waals surface area contributed by atoms with Gasteiger partial charge in [0.2, 0.25) is 5.91 Å². The minimum atomic E-state index is -6.14. The first-order valence-electron chi connectivity index (χ1n) is 4.99. The van der Waals surface area contributed by atoms with Crippen molar-refractivity contribution in [3.63, 3.8) is 0 Å². The lowest BCUT2D eigenvalue weighted by Gasteiger charge is -2.39. The average Bonchev–Trinajstić information content (AvgIpc) is 2.52. The summed E-state index contributed by atoms with van der Waals surface area (Å²) in [5.74, 6) is -3.56.